The van der Waals surface area contributed by atoms with Crippen LogP contribution in [0.3, 0.4) is 0 Å². The molecule has 8 heteroatoms. The third-order valence-electron chi connectivity index (χ3n) is 5.61. The van der Waals surface area contributed by atoms with Gasteiger partial charge in [0.25, 0.3) is 0 Å². The average molecular weight is 395 g/mol. The molecule has 0 saturated carbocycles. The number of hydrogen-bond acceptors (Lipinski definition) is 7. The van der Waals surface area contributed by atoms with Gasteiger partial charge in [0, 0.05) is 50.4 Å². The Morgan fingerprint density at radius 3 is 2.64 bits per heavy atom. The van der Waals surface area contributed by atoms with Crippen molar-refractivity contribution in [2.75, 3.05) is 31.1 Å². The molecule has 1 amide bonds. The van der Waals surface area contributed by atoms with E-state index in [1.54, 1.807) is 36.9 Å². The van der Waals surface area contributed by atoms with Crippen LogP contribution in [0.25, 0.3) is 21.7 Å². The van der Waals surface area contributed by atoms with E-state index in [0.717, 1.165) is 49.7 Å². The third kappa shape index (κ3) is 3.01. The van der Waals surface area contributed by atoms with Crippen molar-refractivity contribution in [2.24, 2.45) is 0 Å². The topological polar surface area (TPSA) is 75.1 Å². The predicted octanol–water partition coefficient (Wildman–Crippen LogP) is 2.70. The number of hydrogen-bond donors (Lipinski definition) is 0. The lowest BCUT2D eigenvalue weighted by atomic mass is 9.97. The van der Waals surface area contributed by atoms with Crippen LogP contribution in [-0.2, 0) is 17.6 Å². The summed E-state index contributed by atoms with van der Waals surface area (Å²) in [6.45, 7) is 4.67. The van der Waals surface area contributed by atoms with E-state index in [1.165, 1.54) is 28.7 Å². The molecule has 1 aliphatic heterocycles. The summed E-state index contributed by atoms with van der Waals surface area (Å²) in [6, 6.07) is 0. The minimum atomic E-state index is 0.139. The van der Waals surface area contributed by atoms with Crippen LogP contribution in [0.2, 0.25) is 0 Å². The Morgan fingerprint density at radius 1 is 1.07 bits per heavy atom. The molecule has 0 aromatic carbocycles. The molecule has 0 atom stereocenters. The molecule has 3 aromatic rings. The fraction of sp³-hybridized carbons (Fsp3) is 0.450. The number of anilines is 1. The Morgan fingerprint density at radius 2 is 1.89 bits per heavy atom. The number of piperazine rings is 1. The smallest absolute Gasteiger partial charge is 0.219 e. The lowest BCUT2D eigenvalue weighted by molar-refractivity contribution is -0.129. The highest BCUT2D eigenvalue weighted by molar-refractivity contribution is 7.19. The van der Waals surface area contributed by atoms with Gasteiger partial charge >= 0.3 is 0 Å². The summed E-state index contributed by atoms with van der Waals surface area (Å²) in [5.74, 6) is 1.76. The van der Waals surface area contributed by atoms with E-state index in [2.05, 4.69) is 14.9 Å². The minimum Gasteiger partial charge on any atom is -0.352 e. The Balaban J connectivity index is 1.63. The largest absolute Gasteiger partial charge is 0.352 e. The van der Waals surface area contributed by atoms with Crippen molar-refractivity contribution in [3.63, 3.8) is 0 Å². The van der Waals surface area contributed by atoms with Crippen molar-refractivity contribution in [3.8, 4) is 11.5 Å². The van der Waals surface area contributed by atoms with Gasteiger partial charge in [-0.05, 0) is 31.2 Å². The molecule has 0 spiro atoms. The summed E-state index contributed by atoms with van der Waals surface area (Å²) in [5.41, 5.74) is 2.13. The molecule has 1 saturated heterocycles. The zero-order chi connectivity index (χ0) is 19.1. The standard InChI is InChI=1S/C20H22N6OS/c1-13(27)25-8-10-26(11-9-25)19-17-14-4-2-3-5-16(14)28-20(17)24-18(23-19)15-12-21-6-7-22-15/h6-7,12H,2-5,8-11H2,1H3. The Kier molecular flexibility index (Phi) is 4.43. The number of fused-ring (bicyclic) bond motifs is 3. The van der Waals surface area contributed by atoms with Crippen LogP contribution in [0.5, 0.6) is 0 Å². The monoisotopic (exact) mass is 394 g/mol. The predicted molar refractivity (Wildman–Crippen MR) is 110 cm³/mol. The fourth-order valence-corrected chi connectivity index (χ4v) is 5.39. The van der Waals surface area contributed by atoms with Crippen LogP contribution in [0.4, 0.5) is 5.82 Å². The highest BCUT2D eigenvalue weighted by atomic mass is 32.1. The number of amides is 1. The number of aryl methyl sites for hydroxylation is 2. The van der Waals surface area contributed by atoms with Crippen LogP contribution >= 0.6 is 11.3 Å². The van der Waals surface area contributed by atoms with Gasteiger partial charge in [-0.15, -0.1) is 11.3 Å². The van der Waals surface area contributed by atoms with Crippen LogP contribution in [0.15, 0.2) is 18.6 Å². The molecule has 7 nitrogen and oxygen atoms in total. The van der Waals surface area contributed by atoms with Crippen molar-refractivity contribution < 1.29 is 4.79 Å². The van der Waals surface area contributed by atoms with Gasteiger partial charge in [0.2, 0.25) is 5.91 Å². The lowest BCUT2D eigenvalue weighted by Gasteiger charge is -2.35. The lowest BCUT2D eigenvalue weighted by Crippen LogP contribution is -2.48. The highest BCUT2D eigenvalue weighted by Crippen LogP contribution is 2.40. The highest BCUT2D eigenvalue weighted by Gasteiger charge is 2.27. The molecule has 0 unspecified atom stereocenters. The Bertz CT molecular complexity index is 1030. The summed E-state index contributed by atoms with van der Waals surface area (Å²) in [6.07, 6.45) is 9.75. The molecule has 1 fully saturated rings. The summed E-state index contributed by atoms with van der Waals surface area (Å²) in [5, 5.41) is 1.21. The molecule has 3 aromatic heterocycles. The second-order valence-electron chi connectivity index (χ2n) is 7.35. The summed E-state index contributed by atoms with van der Waals surface area (Å²) in [4.78, 5) is 36.8. The van der Waals surface area contributed by atoms with Gasteiger partial charge in [0.1, 0.15) is 16.3 Å². The van der Waals surface area contributed by atoms with Gasteiger partial charge in [-0.25, -0.2) is 15.0 Å². The van der Waals surface area contributed by atoms with Crippen LogP contribution in [0.1, 0.15) is 30.2 Å². The van der Waals surface area contributed by atoms with Gasteiger partial charge < -0.3 is 9.80 Å². The first-order chi connectivity index (χ1) is 13.7. The Hall–Kier alpha value is -2.61. The average Bonchev–Trinajstić information content (AvgIpc) is 3.12. The van der Waals surface area contributed by atoms with E-state index < -0.39 is 0 Å². The summed E-state index contributed by atoms with van der Waals surface area (Å²) in [7, 11) is 0. The molecule has 1 aliphatic carbocycles. The summed E-state index contributed by atoms with van der Waals surface area (Å²) >= 11 is 1.80. The van der Waals surface area contributed by atoms with Gasteiger partial charge in [-0.3, -0.25) is 9.78 Å². The molecule has 0 bridgehead atoms. The van der Waals surface area contributed by atoms with Gasteiger partial charge in [-0.2, -0.15) is 0 Å². The second-order valence-corrected chi connectivity index (χ2v) is 8.43. The van der Waals surface area contributed by atoms with Crippen molar-refractivity contribution in [3.05, 3.63) is 29.0 Å². The van der Waals surface area contributed by atoms with Gasteiger partial charge in [0.05, 0.1) is 11.6 Å². The van der Waals surface area contributed by atoms with Crippen molar-refractivity contribution >= 4 is 33.3 Å². The molecule has 28 heavy (non-hydrogen) atoms. The molecular formula is C20H22N6OS. The second kappa shape index (κ2) is 7.09. The molecule has 4 heterocycles. The number of rotatable bonds is 2. The fourth-order valence-electron chi connectivity index (χ4n) is 4.13. The molecule has 0 radical (unpaired) electrons. The number of aromatic nitrogens is 4. The van der Waals surface area contributed by atoms with Crippen LogP contribution < -0.4 is 4.90 Å². The quantitative estimate of drug-likeness (QED) is 0.665. The van der Waals surface area contributed by atoms with Crippen LogP contribution in [0, 0.1) is 0 Å². The first-order valence-electron chi connectivity index (χ1n) is 9.80. The van der Waals surface area contributed by atoms with E-state index in [4.69, 9.17) is 9.97 Å². The zero-order valence-corrected chi connectivity index (χ0v) is 16.7. The van der Waals surface area contributed by atoms with Crippen LogP contribution in [-0.4, -0.2) is 56.9 Å². The number of carbonyl (C=O) groups excluding carboxylic acids is 1. The molecule has 0 N–H and O–H groups in total. The molecular weight excluding hydrogens is 372 g/mol. The Labute approximate surface area is 167 Å². The van der Waals surface area contributed by atoms with Crippen molar-refractivity contribution in [2.45, 2.75) is 32.6 Å². The van der Waals surface area contributed by atoms with E-state index >= 15 is 0 Å². The maximum Gasteiger partial charge on any atom is 0.219 e. The molecule has 144 valence electrons. The molecule has 2 aliphatic rings. The maximum absolute atomic E-state index is 11.7. The number of nitrogens with zero attached hydrogens (tertiary/aromatic N) is 6. The third-order valence-corrected chi connectivity index (χ3v) is 6.80. The normalized spacial score (nSPS) is 17.0. The maximum atomic E-state index is 11.7. The van der Waals surface area contributed by atoms with E-state index in [1.807, 2.05) is 4.90 Å². The SMILES string of the molecule is CC(=O)N1CCN(c2nc(-c3cnccn3)nc3sc4c(c23)CCCC4)CC1. The first kappa shape index (κ1) is 17.5. The van der Waals surface area contributed by atoms with Gasteiger partial charge in [0.15, 0.2) is 5.82 Å². The summed E-state index contributed by atoms with van der Waals surface area (Å²) < 4.78 is 0. The van der Waals surface area contributed by atoms with E-state index in [-0.39, 0.29) is 5.91 Å². The number of thiophene rings is 1. The van der Waals surface area contributed by atoms with Gasteiger partial charge in [-0.1, -0.05) is 0 Å². The number of carbonyl (C=O) groups is 1. The molecule has 5 rings (SSSR count). The van der Waals surface area contributed by atoms with E-state index in [9.17, 15) is 4.79 Å². The zero-order valence-electron chi connectivity index (χ0n) is 15.9. The van der Waals surface area contributed by atoms with Crippen molar-refractivity contribution in [1.82, 2.24) is 24.8 Å². The van der Waals surface area contributed by atoms with Crippen molar-refractivity contribution in [1.29, 1.82) is 0 Å². The first-order valence-corrected chi connectivity index (χ1v) is 10.6. The minimum absolute atomic E-state index is 0.139. The van der Waals surface area contributed by atoms with E-state index in [0.29, 0.717) is 11.5 Å².